The molecule has 2 aromatic heterocycles. The van der Waals surface area contributed by atoms with Gasteiger partial charge in [0.25, 0.3) is 5.91 Å². The van der Waals surface area contributed by atoms with Gasteiger partial charge in [-0.25, -0.2) is 9.37 Å². The number of hydrogen-bond donors (Lipinski definition) is 1. The molecule has 180 valence electrons. The molecule has 36 heavy (non-hydrogen) atoms. The highest BCUT2D eigenvalue weighted by Gasteiger charge is 2.33. The highest BCUT2D eigenvalue weighted by atomic mass is 19.1. The van der Waals surface area contributed by atoms with E-state index in [0.717, 1.165) is 16.5 Å². The van der Waals surface area contributed by atoms with Gasteiger partial charge in [-0.3, -0.25) is 9.78 Å². The van der Waals surface area contributed by atoms with E-state index in [2.05, 4.69) is 16.4 Å². The number of pyridine rings is 2. The molecule has 0 unspecified atom stereocenters. The normalized spacial score (nSPS) is 16.7. The first-order valence-electron chi connectivity index (χ1n) is 11.4. The lowest BCUT2D eigenvalue weighted by atomic mass is 9.79. The minimum Gasteiger partial charge on any atom is -0.496 e. The molecule has 0 saturated heterocycles. The maximum atomic E-state index is 13.6. The predicted molar refractivity (Wildman–Crippen MR) is 132 cm³/mol. The van der Waals surface area contributed by atoms with Gasteiger partial charge in [0.05, 0.1) is 49.8 Å². The van der Waals surface area contributed by atoms with E-state index in [1.54, 1.807) is 24.4 Å². The Kier molecular flexibility index (Phi) is 6.08. The first-order valence-corrected chi connectivity index (χ1v) is 11.4. The first-order chi connectivity index (χ1) is 17.4. The molecule has 0 bridgehead atoms. The van der Waals surface area contributed by atoms with Gasteiger partial charge in [-0.2, -0.15) is 5.26 Å². The zero-order chi connectivity index (χ0) is 25.3. The lowest BCUT2D eigenvalue weighted by Crippen LogP contribution is -2.33. The third-order valence-corrected chi connectivity index (χ3v) is 6.36. The Labute approximate surface area is 207 Å². The molecule has 0 fully saturated rings. The van der Waals surface area contributed by atoms with Gasteiger partial charge in [-0.1, -0.05) is 6.07 Å². The van der Waals surface area contributed by atoms with Gasteiger partial charge < -0.3 is 14.8 Å². The molecule has 1 aliphatic rings. The molecule has 0 spiro atoms. The van der Waals surface area contributed by atoms with Crippen molar-refractivity contribution in [3.63, 3.8) is 0 Å². The molecular formula is C28H23FN4O3. The van der Waals surface area contributed by atoms with Crippen molar-refractivity contribution >= 4 is 16.8 Å². The van der Waals surface area contributed by atoms with E-state index in [4.69, 9.17) is 14.5 Å². The average molecular weight is 483 g/mol. The number of ether oxygens (including phenoxy) is 2. The van der Waals surface area contributed by atoms with Crippen molar-refractivity contribution in [2.45, 2.75) is 25.5 Å². The molecule has 0 aliphatic carbocycles. The van der Waals surface area contributed by atoms with Crippen molar-refractivity contribution in [3.05, 3.63) is 89.0 Å². The average Bonchev–Trinajstić information content (AvgIpc) is 2.91. The van der Waals surface area contributed by atoms with Crippen LogP contribution in [-0.4, -0.2) is 29.6 Å². The summed E-state index contributed by atoms with van der Waals surface area (Å²) >= 11 is 0. The van der Waals surface area contributed by atoms with Crippen LogP contribution in [0.1, 0.15) is 34.1 Å². The number of nitrogens with zero attached hydrogens (tertiary/aromatic N) is 3. The standard InChI is InChI=1S/C28H23FN4O3/c1-28(15-30)16-36-14-19-4-3-17(9-23(19)28)27(34)32-13-21-11-25-18(12-31-21)5-8-24(33-25)22-7-6-20(29)10-26(22)35-2/h3-12H,13-14,16H2,1-2H3,(H,32,34)/t28-/m1/s1. The maximum absolute atomic E-state index is 13.6. The molecule has 3 heterocycles. The Morgan fingerprint density at radius 1 is 1.22 bits per heavy atom. The van der Waals surface area contributed by atoms with Gasteiger partial charge >= 0.3 is 0 Å². The number of aromatic nitrogens is 2. The number of hydrogen-bond acceptors (Lipinski definition) is 6. The summed E-state index contributed by atoms with van der Waals surface area (Å²) in [5, 5.41) is 13.4. The summed E-state index contributed by atoms with van der Waals surface area (Å²) in [6, 6.07) is 17.5. The Morgan fingerprint density at radius 3 is 2.89 bits per heavy atom. The predicted octanol–water partition coefficient (Wildman–Crippen LogP) is 4.69. The molecular weight excluding hydrogens is 459 g/mol. The number of methoxy groups -OCH3 is 1. The highest BCUT2D eigenvalue weighted by molar-refractivity contribution is 5.94. The number of carbonyl (C=O) groups excluding carboxylic acids is 1. The molecule has 2 aromatic carbocycles. The summed E-state index contributed by atoms with van der Waals surface area (Å²) in [5.41, 5.74) is 4.06. The van der Waals surface area contributed by atoms with E-state index in [9.17, 15) is 14.4 Å². The van der Waals surface area contributed by atoms with Crippen LogP contribution >= 0.6 is 0 Å². The third-order valence-electron chi connectivity index (χ3n) is 6.36. The molecule has 1 N–H and O–H groups in total. The van der Waals surface area contributed by atoms with Crippen LogP contribution in [0.3, 0.4) is 0 Å². The van der Waals surface area contributed by atoms with Gasteiger partial charge in [0.1, 0.15) is 17.0 Å². The van der Waals surface area contributed by atoms with E-state index in [-0.39, 0.29) is 18.3 Å². The molecule has 1 atom stereocenters. The summed E-state index contributed by atoms with van der Waals surface area (Å²) in [6.45, 7) is 2.74. The summed E-state index contributed by atoms with van der Waals surface area (Å²) < 4.78 is 24.5. The summed E-state index contributed by atoms with van der Waals surface area (Å²) in [4.78, 5) is 22.0. The first kappa shape index (κ1) is 23.4. The van der Waals surface area contributed by atoms with Crippen LogP contribution in [0.4, 0.5) is 4.39 Å². The number of nitriles is 1. The fraction of sp³-hybridized carbons (Fsp3) is 0.214. The maximum Gasteiger partial charge on any atom is 0.251 e. The van der Waals surface area contributed by atoms with E-state index in [0.29, 0.717) is 47.0 Å². The van der Waals surface area contributed by atoms with E-state index >= 15 is 0 Å². The SMILES string of the molecule is COc1cc(F)ccc1-c1ccc2cnc(CNC(=O)c3ccc4c(c3)[C@](C)(C#N)COC4)cc2n1. The Bertz CT molecular complexity index is 1530. The molecule has 7 nitrogen and oxygen atoms in total. The third kappa shape index (κ3) is 4.37. The quantitative estimate of drug-likeness (QED) is 0.443. The largest absolute Gasteiger partial charge is 0.496 e. The van der Waals surface area contributed by atoms with Crippen LogP contribution in [0.25, 0.3) is 22.2 Å². The van der Waals surface area contributed by atoms with Crippen molar-refractivity contribution in [1.29, 1.82) is 5.26 Å². The molecule has 8 heteroatoms. The number of nitrogens with one attached hydrogen (secondary N) is 1. The van der Waals surface area contributed by atoms with E-state index < -0.39 is 5.41 Å². The lowest BCUT2D eigenvalue weighted by Gasteiger charge is -2.30. The van der Waals surface area contributed by atoms with Crippen LogP contribution in [0.2, 0.25) is 0 Å². The fourth-order valence-corrected chi connectivity index (χ4v) is 4.35. The van der Waals surface area contributed by atoms with Gasteiger partial charge in [-0.05, 0) is 60.5 Å². The number of rotatable bonds is 5. The monoisotopic (exact) mass is 482 g/mol. The molecule has 1 aliphatic heterocycles. The van der Waals surface area contributed by atoms with Crippen molar-refractivity contribution in [3.8, 4) is 23.1 Å². The second-order valence-corrected chi connectivity index (χ2v) is 8.90. The van der Waals surface area contributed by atoms with Gasteiger partial charge in [-0.15, -0.1) is 0 Å². The Morgan fingerprint density at radius 2 is 2.08 bits per heavy atom. The topological polar surface area (TPSA) is 97.1 Å². The van der Waals surface area contributed by atoms with Crippen molar-refractivity contribution in [2.24, 2.45) is 0 Å². The second kappa shape index (κ2) is 9.36. The molecule has 5 rings (SSSR count). The van der Waals surface area contributed by atoms with Crippen LogP contribution in [-0.2, 0) is 23.3 Å². The molecule has 1 amide bonds. The van der Waals surface area contributed by atoms with Gasteiger partial charge in [0.15, 0.2) is 0 Å². The van der Waals surface area contributed by atoms with E-state index in [1.165, 1.54) is 19.2 Å². The number of fused-ring (bicyclic) bond motifs is 2. The Balaban J connectivity index is 1.37. The van der Waals surface area contributed by atoms with Crippen LogP contribution in [0, 0.1) is 17.1 Å². The number of halogens is 1. The van der Waals surface area contributed by atoms with Crippen LogP contribution in [0.15, 0.2) is 60.8 Å². The van der Waals surface area contributed by atoms with Gasteiger partial charge in [0.2, 0.25) is 0 Å². The fourth-order valence-electron chi connectivity index (χ4n) is 4.35. The molecule has 0 radical (unpaired) electrons. The zero-order valence-electron chi connectivity index (χ0n) is 19.8. The minimum atomic E-state index is -0.791. The summed E-state index contributed by atoms with van der Waals surface area (Å²) in [6.07, 6.45) is 1.70. The van der Waals surface area contributed by atoms with E-state index in [1.807, 2.05) is 31.2 Å². The minimum absolute atomic E-state index is 0.205. The van der Waals surface area contributed by atoms with Crippen molar-refractivity contribution in [1.82, 2.24) is 15.3 Å². The van der Waals surface area contributed by atoms with Crippen molar-refractivity contribution < 1.29 is 18.7 Å². The summed E-state index contributed by atoms with van der Waals surface area (Å²) in [7, 11) is 1.49. The number of benzene rings is 2. The zero-order valence-corrected chi connectivity index (χ0v) is 19.8. The van der Waals surface area contributed by atoms with Crippen LogP contribution < -0.4 is 10.1 Å². The Hall–Kier alpha value is -4.35. The van der Waals surface area contributed by atoms with Crippen LogP contribution in [0.5, 0.6) is 5.75 Å². The number of amides is 1. The van der Waals surface area contributed by atoms with Crippen molar-refractivity contribution in [2.75, 3.05) is 13.7 Å². The second-order valence-electron chi connectivity index (χ2n) is 8.90. The molecule has 0 saturated carbocycles. The lowest BCUT2D eigenvalue weighted by molar-refractivity contribution is 0.0757. The number of carbonyl (C=O) groups is 1. The summed E-state index contributed by atoms with van der Waals surface area (Å²) in [5.74, 6) is -0.250. The smallest absolute Gasteiger partial charge is 0.251 e. The van der Waals surface area contributed by atoms with Gasteiger partial charge in [0, 0.05) is 28.8 Å². The highest BCUT2D eigenvalue weighted by Crippen LogP contribution is 2.33. The molecule has 4 aromatic rings.